The van der Waals surface area contributed by atoms with Gasteiger partial charge in [0, 0.05) is 20.0 Å². The van der Waals surface area contributed by atoms with Crippen LogP contribution in [-0.4, -0.2) is 0 Å². The molecule has 0 N–H and O–H groups in total. The molecule has 0 aliphatic rings. The Kier molecular flexibility index (Phi) is 2.38. The molecule has 0 aliphatic heterocycles. The second kappa shape index (κ2) is 3.22. The summed E-state index contributed by atoms with van der Waals surface area (Å²) in [5.41, 5.74) is 0. The third-order valence-corrected chi connectivity index (χ3v) is 3.72. The van der Waals surface area contributed by atoms with E-state index in [2.05, 4.69) is 34.6 Å². The Morgan fingerprint density at radius 2 is 2.08 bits per heavy atom. The quantitative estimate of drug-likeness (QED) is 0.669. The van der Waals surface area contributed by atoms with Crippen molar-refractivity contribution in [3.05, 3.63) is 27.0 Å². The molecule has 0 nitrogen and oxygen atoms in total. The molecule has 0 aliphatic carbocycles. The van der Waals surface area contributed by atoms with Crippen LogP contribution in [0.2, 0.25) is 5.02 Å². The molecule has 0 radical (unpaired) electrons. The van der Waals surface area contributed by atoms with E-state index in [1.807, 2.05) is 12.1 Å². The molecule has 0 atom stereocenters. The molecule has 0 saturated heterocycles. The zero-order chi connectivity index (χ0) is 8.72. The van der Waals surface area contributed by atoms with E-state index in [0.717, 1.165) is 19.1 Å². The van der Waals surface area contributed by atoms with Gasteiger partial charge in [0.1, 0.15) is 0 Å². The van der Waals surface area contributed by atoms with Gasteiger partial charge in [-0.2, -0.15) is 0 Å². The van der Waals surface area contributed by atoms with Crippen molar-refractivity contribution < 1.29 is 0 Å². The second-order valence-electron chi connectivity index (χ2n) is 2.39. The van der Waals surface area contributed by atoms with Gasteiger partial charge in [-0.25, -0.2) is 0 Å². The number of halogens is 2. The van der Waals surface area contributed by atoms with Crippen LogP contribution in [0.4, 0.5) is 0 Å². The van der Waals surface area contributed by atoms with E-state index in [4.69, 9.17) is 11.6 Å². The summed E-state index contributed by atoms with van der Waals surface area (Å²) >= 11 is 15.3. The lowest BCUT2D eigenvalue weighted by Gasteiger charge is -1.94. The molecule has 0 saturated carbocycles. The Morgan fingerprint density at radius 1 is 1.33 bits per heavy atom. The van der Waals surface area contributed by atoms with E-state index in [9.17, 15) is 0 Å². The summed E-state index contributed by atoms with van der Waals surface area (Å²) in [6.07, 6.45) is 0. The van der Waals surface area contributed by atoms with Crippen LogP contribution < -0.4 is 0 Å². The predicted molar refractivity (Wildman–Crippen MR) is 61.8 cm³/mol. The van der Waals surface area contributed by atoms with Crippen LogP contribution in [0.3, 0.4) is 0 Å². The SMILES string of the molecule is Sc1cc(Cl)cc2sc(Br)cc12. The normalized spacial score (nSPS) is 10.9. The van der Waals surface area contributed by atoms with Crippen LogP contribution in [0, 0.1) is 0 Å². The van der Waals surface area contributed by atoms with E-state index in [1.54, 1.807) is 11.3 Å². The van der Waals surface area contributed by atoms with E-state index >= 15 is 0 Å². The number of rotatable bonds is 0. The van der Waals surface area contributed by atoms with Crippen molar-refractivity contribution in [1.82, 2.24) is 0 Å². The van der Waals surface area contributed by atoms with Crippen LogP contribution in [0.5, 0.6) is 0 Å². The highest BCUT2D eigenvalue weighted by atomic mass is 79.9. The summed E-state index contributed by atoms with van der Waals surface area (Å²) < 4.78 is 2.27. The van der Waals surface area contributed by atoms with Gasteiger partial charge in [-0.3, -0.25) is 0 Å². The Labute approximate surface area is 93.1 Å². The Morgan fingerprint density at radius 3 is 2.83 bits per heavy atom. The van der Waals surface area contributed by atoms with Crippen molar-refractivity contribution >= 4 is 61.6 Å². The molecular weight excluding hydrogens is 276 g/mol. The van der Waals surface area contributed by atoms with Gasteiger partial charge < -0.3 is 0 Å². The van der Waals surface area contributed by atoms with Gasteiger partial charge >= 0.3 is 0 Å². The Hall–Kier alpha value is 0.300. The fraction of sp³-hybridized carbons (Fsp3) is 0. The summed E-state index contributed by atoms with van der Waals surface area (Å²) in [4.78, 5) is 0.930. The average Bonchev–Trinajstić information content (AvgIpc) is 2.29. The molecular formula is C8H4BrClS2. The minimum absolute atomic E-state index is 0.738. The maximum atomic E-state index is 5.88. The fourth-order valence-corrected chi connectivity index (χ4v) is 3.42. The second-order valence-corrected chi connectivity index (χ2v) is 5.77. The van der Waals surface area contributed by atoms with Gasteiger partial charge in [0.2, 0.25) is 0 Å². The zero-order valence-electron chi connectivity index (χ0n) is 5.84. The molecule has 1 aromatic carbocycles. The van der Waals surface area contributed by atoms with Gasteiger partial charge in [0.15, 0.2) is 0 Å². The molecule has 0 fully saturated rings. The van der Waals surface area contributed by atoms with Crippen molar-refractivity contribution in [3.63, 3.8) is 0 Å². The van der Waals surface area contributed by atoms with Gasteiger partial charge in [0.25, 0.3) is 0 Å². The molecule has 1 aromatic heterocycles. The highest BCUT2D eigenvalue weighted by Gasteiger charge is 2.03. The van der Waals surface area contributed by atoms with Gasteiger partial charge in [0.05, 0.1) is 3.79 Å². The topological polar surface area (TPSA) is 0 Å². The van der Waals surface area contributed by atoms with Crippen molar-refractivity contribution in [2.24, 2.45) is 0 Å². The van der Waals surface area contributed by atoms with Crippen LogP contribution in [0.25, 0.3) is 10.1 Å². The number of benzene rings is 1. The largest absolute Gasteiger partial charge is 0.143 e. The maximum Gasteiger partial charge on any atom is 0.0711 e. The van der Waals surface area contributed by atoms with Crippen molar-refractivity contribution in [1.29, 1.82) is 0 Å². The Balaban J connectivity index is 2.88. The van der Waals surface area contributed by atoms with E-state index in [0.29, 0.717) is 0 Å². The van der Waals surface area contributed by atoms with Crippen LogP contribution in [-0.2, 0) is 0 Å². The summed E-state index contributed by atoms with van der Waals surface area (Å²) in [7, 11) is 0. The molecule has 0 unspecified atom stereocenters. The lowest BCUT2D eigenvalue weighted by atomic mass is 10.3. The highest BCUT2D eigenvalue weighted by molar-refractivity contribution is 9.11. The molecule has 1 heterocycles. The first kappa shape index (κ1) is 8.88. The summed E-state index contributed by atoms with van der Waals surface area (Å²) in [5, 5.41) is 1.89. The molecule has 0 bridgehead atoms. The van der Waals surface area contributed by atoms with E-state index in [1.165, 1.54) is 4.70 Å². The lowest BCUT2D eigenvalue weighted by Crippen LogP contribution is -1.67. The third kappa shape index (κ3) is 1.51. The first-order valence-corrected chi connectivity index (χ1v) is 5.68. The first-order valence-electron chi connectivity index (χ1n) is 3.24. The lowest BCUT2D eigenvalue weighted by molar-refractivity contribution is 1.59. The minimum Gasteiger partial charge on any atom is -0.143 e. The number of hydrogen-bond acceptors (Lipinski definition) is 2. The number of thiophene rings is 1. The van der Waals surface area contributed by atoms with E-state index in [-0.39, 0.29) is 0 Å². The summed E-state index contributed by atoms with van der Waals surface area (Å²) in [6.45, 7) is 0. The highest BCUT2D eigenvalue weighted by Crippen LogP contribution is 2.35. The average molecular weight is 280 g/mol. The van der Waals surface area contributed by atoms with Crippen LogP contribution in [0.15, 0.2) is 26.9 Å². The first-order chi connectivity index (χ1) is 5.66. The van der Waals surface area contributed by atoms with E-state index < -0.39 is 0 Å². The Bertz CT molecular complexity index is 436. The smallest absolute Gasteiger partial charge is 0.0711 e. The van der Waals surface area contributed by atoms with Gasteiger partial charge in [-0.15, -0.1) is 24.0 Å². The van der Waals surface area contributed by atoms with Crippen molar-refractivity contribution in [3.8, 4) is 0 Å². The fourth-order valence-electron chi connectivity index (χ4n) is 1.06. The zero-order valence-corrected chi connectivity index (χ0v) is 9.90. The monoisotopic (exact) mass is 278 g/mol. The summed E-state index contributed by atoms with van der Waals surface area (Å²) in [6, 6.07) is 5.86. The maximum absolute atomic E-state index is 5.88. The number of fused-ring (bicyclic) bond motifs is 1. The third-order valence-electron chi connectivity index (χ3n) is 1.55. The molecule has 62 valence electrons. The van der Waals surface area contributed by atoms with Crippen molar-refractivity contribution in [2.45, 2.75) is 4.90 Å². The van der Waals surface area contributed by atoms with Crippen LogP contribution >= 0.6 is 51.5 Å². The molecule has 2 rings (SSSR count). The predicted octanol–water partition coefficient (Wildman–Crippen LogP) is 4.61. The van der Waals surface area contributed by atoms with Crippen molar-refractivity contribution in [2.75, 3.05) is 0 Å². The van der Waals surface area contributed by atoms with Crippen LogP contribution in [0.1, 0.15) is 0 Å². The molecule has 2 aromatic rings. The molecule has 0 amide bonds. The van der Waals surface area contributed by atoms with Gasteiger partial charge in [-0.1, -0.05) is 11.6 Å². The minimum atomic E-state index is 0.738. The number of thiol groups is 1. The number of hydrogen-bond donors (Lipinski definition) is 1. The molecule has 0 spiro atoms. The summed E-state index contributed by atoms with van der Waals surface area (Å²) in [5.74, 6) is 0. The molecule has 12 heavy (non-hydrogen) atoms. The standard InChI is InChI=1S/C8H4BrClS2/c9-8-3-5-6(11)1-4(10)2-7(5)12-8/h1-3,11H. The van der Waals surface area contributed by atoms with Gasteiger partial charge in [-0.05, 0) is 34.1 Å². The molecule has 4 heteroatoms.